The number of carbonyl (C=O) groups is 1. The second-order valence-electron chi connectivity index (χ2n) is 3.10. The molecule has 2 N–H and O–H groups in total. The van der Waals surface area contributed by atoms with Crippen LogP contribution in [0.4, 0.5) is 4.79 Å². The molecular weight excluding hydrogens is 210 g/mol. The first-order valence-corrected chi connectivity index (χ1v) is 4.80. The van der Waals surface area contributed by atoms with Crippen molar-refractivity contribution in [3.63, 3.8) is 0 Å². The Kier molecular flexibility index (Phi) is 4.44. The topological polar surface area (TPSA) is 70.8 Å². The van der Waals surface area contributed by atoms with Gasteiger partial charge in [-0.2, -0.15) is 0 Å². The van der Waals surface area contributed by atoms with Gasteiger partial charge in [-0.05, 0) is 18.2 Å². The van der Waals surface area contributed by atoms with Crippen molar-refractivity contribution in [2.75, 3.05) is 20.8 Å². The van der Waals surface area contributed by atoms with Crippen LogP contribution in [0, 0.1) is 0 Å². The van der Waals surface area contributed by atoms with Gasteiger partial charge in [0.25, 0.3) is 0 Å². The Morgan fingerprint density at radius 2 is 2.06 bits per heavy atom. The molecule has 0 atom stereocenters. The molecule has 0 aliphatic heterocycles. The van der Waals surface area contributed by atoms with Gasteiger partial charge in [-0.3, -0.25) is 0 Å². The maximum atomic E-state index is 10.4. The molecule has 0 saturated carbocycles. The van der Waals surface area contributed by atoms with E-state index in [9.17, 15) is 4.79 Å². The van der Waals surface area contributed by atoms with E-state index in [4.69, 9.17) is 15.2 Å². The van der Waals surface area contributed by atoms with Crippen LogP contribution in [0.15, 0.2) is 18.2 Å². The minimum atomic E-state index is -0.776. The lowest BCUT2D eigenvalue weighted by Gasteiger charge is -2.10. The van der Waals surface area contributed by atoms with Crippen molar-refractivity contribution in [2.45, 2.75) is 6.42 Å². The molecule has 5 nitrogen and oxygen atoms in total. The van der Waals surface area contributed by atoms with E-state index < -0.39 is 6.09 Å². The molecule has 1 rings (SSSR count). The highest BCUT2D eigenvalue weighted by Crippen LogP contribution is 2.24. The third-order valence-electron chi connectivity index (χ3n) is 2.10. The molecule has 0 spiro atoms. The highest BCUT2D eigenvalue weighted by molar-refractivity contribution is 5.64. The Balaban J connectivity index is 2.71. The van der Waals surface area contributed by atoms with E-state index in [1.807, 2.05) is 6.07 Å². The fourth-order valence-electron chi connectivity index (χ4n) is 1.34. The summed E-state index contributed by atoms with van der Waals surface area (Å²) in [5.41, 5.74) is 5.77. The number of benzene rings is 1. The van der Waals surface area contributed by atoms with Crippen LogP contribution in [-0.2, 0) is 11.2 Å². The highest BCUT2D eigenvalue weighted by atomic mass is 16.5. The first-order valence-electron chi connectivity index (χ1n) is 4.80. The van der Waals surface area contributed by atoms with Crippen molar-refractivity contribution in [1.29, 1.82) is 0 Å². The quantitative estimate of drug-likeness (QED) is 0.820. The summed E-state index contributed by atoms with van der Waals surface area (Å²) < 4.78 is 14.9. The number of hydrogen-bond donors (Lipinski definition) is 1. The van der Waals surface area contributed by atoms with Crippen LogP contribution in [0.5, 0.6) is 11.5 Å². The van der Waals surface area contributed by atoms with Crippen LogP contribution in [0.25, 0.3) is 0 Å². The summed E-state index contributed by atoms with van der Waals surface area (Å²) in [6.07, 6.45) is -0.245. The van der Waals surface area contributed by atoms with Crippen molar-refractivity contribution in [2.24, 2.45) is 5.73 Å². The Bertz CT molecular complexity index is 365. The Morgan fingerprint density at radius 1 is 1.31 bits per heavy atom. The zero-order chi connectivity index (χ0) is 12.0. The summed E-state index contributed by atoms with van der Waals surface area (Å²) in [5.74, 6) is 1.46. The minimum Gasteiger partial charge on any atom is -0.497 e. The molecule has 1 aromatic carbocycles. The number of methoxy groups -OCH3 is 2. The van der Waals surface area contributed by atoms with Crippen LogP contribution in [0.3, 0.4) is 0 Å². The predicted octanol–water partition coefficient (Wildman–Crippen LogP) is 1.34. The van der Waals surface area contributed by atoms with Gasteiger partial charge in [-0.15, -0.1) is 0 Å². The minimum absolute atomic E-state index is 0.221. The molecule has 5 heteroatoms. The molecule has 0 saturated heterocycles. The van der Waals surface area contributed by atoms with Gasteiger partial charge in [0.05, 0.1) is 20.8 Å². The fraction of sp³-hybridized carbons (Fsp3) is 0.364. The summed E-state index contributed by atoms with van der Waals surface area (Å²) in [6.45, 7) is 0.221. The van der Waals surface area contributed by atoms with E-state index in [1.165, 1.54) is 0 Å². The third kappa shape index (κ3) is 3.34. The molecular formula is C11H15NO4. The summed E-state index contributed by atoms with van der Waals surface area (Å²) in [4.78, 5) is 10.4. The second-order valence-corrected chi connectivity index (χ2v) is 3.10. The molecule has 16 heavy (non-hydrogen) atoms. The van der Waals surface area contributed by atoms with E-state index >= 15 is 0 Å². The Hall–Kier alpha value is -1.91. The number of ether oxygens (including phenoxy) is 3. The molecule has 0 bridgehead atoms. The van der Waals surface area contributed by atoms with Gasteiger partial charge in [0.15, 0.2) is 0 Å². The van der Waals surface area contributed by atoms with Crippen LogP contribution >= 0.6 is 0 Å². The number of hydrogen-bond acceptors (Lipinski definition) is 4. The lowest BCUT2D eigenvalue weighted by Crippen LogP contribution is -2.14. The molecule has 0 fully saturated rings. The predicted molar refractivity (Wildman–Crippen MR) is 58.8 cm³/mol. The largest absolute Gasteiger partial charge is 0.497 e. The molecule has 0 aliphatic rings. The zero-order valence-electron chi connectivity index (χ0n) is 9.36. The van der Waals surface area contributed by atoms with Gasteiger partial charge in [0.1, 0.15) is 11.5 Å². The number of carbonyl (C=O) groups excluding carboxylic acids is 1. The third-order valence-corrected chi connectivity index (χ3v) is 2.10. The van der Waals surface area contributed by atoms with Crippen molar-refractivity contribution in [3.8, 4) is 11.5 Å². The summed E-state index contributed by atoms with van der Waals surface area (Å²) in [7, 11) is 3.17. The number of primary amides is 1. The van der Waals surface area contributed by atoms with Crippen molar-refractivity contribution < 1.29 is 19.0 Å². The van der Waals surface area contributed by atoms with Gasteiger partial charge < -0.3 is 19.9 Å². The van der Waals surface area contributed by atoms with Gasteiger partial charge in [0.2, 0.25) is 0 Å². The average molecular weight is 225 g/mol. The average Bonchev–Trinajstić information content (AvgIpc) is 2.28. The molecule has 0 radical (unpaired) electrons. The van der Waals surface area contributed by atoms with Crippen LogP contribution in [0.2, 0.25) is 0 Å². The highest BCUT2D eigenvalue weighted by Gasteiger charge is 2.05. The van der Waals surface area contributed by atoms with Crippen molar-refractivity contribution >= 4 is 6.09 Å². The zero-order valence-corrected chi connectivity index (χ0v) is 9.36. The number of rotatable bonds is 5. The SMILES string of the molecule is COc1ccc(OC)c(CCOC(N)=O)c1. The van der Waals surface area contributed by atoms with E-state index in [2.05, 4.69) is 4.74 Å². The molecule has 0 heterocycles. The van der Waals surface area contributed by atoms with Gasteiger partial charge >= 0.3 is 6.09 Å². The smallest absolute Gasteiger partial charge is 0.404 e. The standard InChI is InChI=1S/C11H15NO4/c1-14-9-3-4-10(15-2)8(7-9)5-6-16-11(12)13/h3-4,7H,5-6H2,1-2H3,(H2,12,13). The fourth-order valence-corrected chi connectivity index (χ4v) is 1.34. The number of amides is 1. The Labute approximate surface area is 94.1 Å². The summed E-state index contributed by atoms with van der Waals surface area (Å²) in [6, 6.07) is 5.44. The van der Waals surface area contributed by atoms with E-state index in [-0.39, 0.29) is 6.61 Å². The van der Waals surface area contributed by atoms with Gasteiger partial charge in [0, 0.05) is 12.0 Å². The normalized spacial score (nSPS) is 9.62. The second kappa shape index (κ2) is 5.85. The molecule has 1 amide bonds. The number of nitrogens with two attached hydrogens (primary N) is 1. The monoisotopic (exact) mass is 225 g/mol. The molecule has 0 aromatic heterocycles. The molecule has 1 aromatic rings. The first kappa shape index (κ1) is 12.2. The maximum absolute atomic E-state index is 10.4. The van der Waals surface area contributed by atoms with E-state index in [1.54, 1.807) is 26.4 Å². The summed E-state index contributed by atoms with van der Waals surface area (Å²) in [5, 5.41) is 0. The van der Waals surface area contributed by atoms with Crippen molar-refractivity contribution in [1.82, 2.24) is 0 Å². The first-order chi connectivity index (χ1) is 7.67. The van der Waals surface area contributed by atoms with Crippen LogP contribution < -0.4 is 15.2 Å². The molecule has 0 unspecified atom stereocenters. The maximum Gasteiger partial charge on any atom is 0.404 e. The van der Waals surface area contributed by atoms with E-state index in [0.717, 1.165) is 17.1 Å². The van der Waals surface area contributed by atoms with Gasteiger partial charge in [-0.1, -0.05) is 0 Å². The van der Waals surface area contributed by atoms with Crippen molar-refractivity contribution in [3.05, 3.63) is 23.8 Å². The van der Waals surface area contributed by atoms with Crippen LogP contribution in [0.1, 0.15) is 5.56 Å². The molecule has 88 valence electrons. The summed E-state index contributed by atoms with van der Waals surface area (Å²) >= 11 is 0. The van der Waals surface area contributed by atoms with E-state index in [0.29, 0.717) is 6.42 Å². The van der Waals surface area contributed by atoms with Gasteiger partial charge in [-0.25, -0.2) is 4.79 Å². The van der Waals surface area contributed by atoms with Crippen LogP contribution in [-0.4, -0.2) is 26.9 Å². The molecule has 0 aliphatic carbocycles. The lowest BCUT2D eigenvalue weighted by molar-refractivity contribution is 0.158. The lowest BCUT2D eigenvalue weighted by atomic mass is 10.1. The Morgan fingerprint density at radius 3 is 2.62 bits per heavy atom.